The summed E-state index contributed by atoms with van der Waals surface area (Å²) < 4.78 is 45.9. The maximum Gasteiger partial charge on any atom is 0.435 e. The minimum absolute atomic E-state index is 0.127. The number of aromatic hydroxyl groups is 1. The monoisotopic (exact) mass is 382 g/mol. The molecule has 3 aromatic rings. The summed E-state index contributed by atoms with van der Waals surface area (Å²) in [4.78, 5) is 16.0. The molecule has 0 atom stereocenters. The molecule has 3 rings (SSSR count). The Hall–Kier alpha value is -2.81. The molecule has 0 radical (unpaired) electrons. The van der Waals surface area contributed by atoms with Crippen molar-refractivity contribution in [2.24, 2.45) is 0 Å². The van der Waals surface area contributed by atoms with Gasteiger partial charge in [0.05, 0.1) is 12.3 Å². The quantitative estimate of drug-likeness (QED) is 0.524. The smallest absolute Gasteiger partial charge is 0.435 e. The van der Waals surface area contributed by atoms with Gasteiger partial charge in [-0.25, -0.2) is 4.98 Å². The van der Waals surface area contributed by atoms with E-state index >= 15 is 0 Å². The maximum absolute atomic E-state index is 13.1. The molecule has 5 nitrogen and oxygen atoms in total. The van der Waals surface area contributed by atoms with Gasteiger partial charge in [-0.15, -0.1) is 11.3 Å². The van der Waals surface area contributed by atoms with E-state index in [9.17, 15) is 23.1 Å². The first-order chi connectivity index (χ1) is 12.3. The van der Waals surface area contributed by atoms with Crippen LogP contribution in [0.2, 0.25) is 0 Å². The lowest BCUT2D eigenvalue weighted by Gasteiger charge is -2.06. The zero-order valence-corrected chi connectivity index (χ0v) is 14.3. The fraction of sp³-hybridized carbons (Fsp3) is 0.176. The highest BCUT2D eigenvalue weighted by atomic mass is 32.1. The summed E-state index contributed by atoms with van der Waals surface area (Å²) in [6.07, 6.45) is -1.09. The zero-order valence-electron chi connectivity index (χ0n) is 13.4. The fourth-order valence-electron chi connectivity index (χ4n) is 2.37. The van der Waals surface area contributed by atoms with Crippen LogP contribution in [0, 0.1) is 0 Å². The lowest BCUT2D eigenvalue weighted by atomic mass is 10.1. The van der Waals surface area contributed by atoms with Crippen LogP contribution in [0.25, 0.3) is 11.0 Å². The molecule has 0 saturated heterocycles. The van der Waals surface area contributed by atoms with E-state index in [4.69, 9.17) is 4.74 Å². The summed E-state index contributed by atoms with van der Waals surface area (Å²) in [6.45, 7) is 2.09. The number of phenolic OH excluding ortho intramolecular Hbond substituents is 1. The molecule has 0 aliphatic heterocycles. The van der Waals surface area contributed by atoms with E-state index in [2.05, 4.69) is 4.98 Å². The van der Waals surface area contributed by atoms with Gasteiger partial charge in [-0.05, 0) is 37.3 Å². The molecule has 9 heteroatoms. The number of phenols is 1. The van der Waals surface area contributed by atoms with Crippen LogP contribution in [0.15, 0.2) is 35.9 Å². The van der Waals surface area contributed by atoms with Gasteiger partial charge in [-0.3, -0.25) is 9.20 Å². The van der Waals surface area contributed by atoms with Crippen LogP contribution >= 0.6 is 11.3 Å². The van der Waals surface area contributed by atoms with E-state index in [0.717, 1.165) is 23.5 Å². The van der Waals surface area contributed by atoms with Crippen molar-refractivity contribution in [3.8, 4) is 11.5 Å². The number of alkyl halides is 3. The number of halogens is 3. The number of allylic oxidation sites excluding steroid dienone is 1. The number of thiazole rings is 1. The SMILES string of the molecule is CCOc1ccc(C(=O)C=Cc2c(C(F)(F)F)nc3sccn23)cc1O. The average molecular weight is 382 g/mol. The zero-order chi connectivity index (χ0) is 18.9. The van der Waals surface area contributed by atoms with Crippen LogP contribution < -0.4 is 4.74 Å². The number of rotatable bonds is 5. The van der Waals surface area contributed by atoms with E-state index in [-0.39, 0.29) is 27.7 Å². The largest absolute Gasteiger partial charge is 0.504 e. The first-order valence-corrected chi connectivity index (χ1v) is 8.40. The predicted octanol–water partition coefficient (Wildman–Crippen LogP) is 4.42. The molecule has 0 fully saturated rings. The Morgan fingerprint density at radius 2 is 2.19 bits per heavy atom. The predicted molar refractivity (Wildman–Crippen MR) is 90.7 cm³/mol. The Labute approximate surface area is 150 Å². The molecule has 2 heterocycles. The Balaban J connectivity index is 1.93. The maximum atomic E-state index is 13.1. The van der Waals surface area contributed by atoms with E-state index in [1.807, 2.05) is 0 Å². The molecule has 0 unspecified atom stereocenters. The number of benzene rings is 1. The number of ether oxygens (including phenoxy) is 1. The molecule has 0 saturated carbocycles. The van der Waals surface area contributed by atoms with Gasteiger partial charge in [0.25, 0.3) is 0 Å². The number of ketones is 1. The Morgan fingerprint density at radius 1 is 1.42 bits per heavy atom. The molecule has 0 bridgehead atoms. The molecule has 1 aromatic carbocycles. The van der Waals surface area contributed by atoms with E-state index in [0.29, 0.717) is 6.61 Å². The van der Waals surface area contributed by atoms with Crippen LogP contribution in [0.1, 0.15) is 28.7 Å². The highest BCUT2D eigenvalue weighted by Crippen LogP contribution is 2.34. The lowest BCUT2D eigenvalue weighted by Crippen LogP contribution is -2.08. The molecule has 0 amide bonds. The van der Waals surface area contributed by atoms with E-state index in [1.54, 1.807) is 12.3 Å². The van der Waals surface area contributed by atoms with Gasteiger partial charge < -0.3 is 9.84 Å². The highest BCUT2D eigenvalue weighted by molar-refractivity contribution is 7.15. The summed E-state index contributed by atoms with van der Waals surface area (Å²) in [5.74, 6) is -0.545. The van der Waals surface area contributed by atoms with Gasteiger partial charge in [-0.1, -0.05) is 0 Å². The van der Waals surface area contributed by atoms with Crippen LogP contribution in [0.4, 0.5) is 13.2 Å². The topological polar surface area (TPSA) is 63.8 Å². The standard InChI is InChI=1S/C17H13F3N2O3S/c1-2-25-14-6-3-10(9-13(14)24)12(23)5-4-11-15(17(18,19)20)21-16-22(11)7-8-26-16/h3-9,24H,2H2,1H3. The average Bonchev–Trinajstić information content (AvgIpc) is 3.15. The Kier molecular flexibility index (Phi) is 4.73. The molecule has 0 aliphatic rings. The number of aromatic nitrogens is 2. The summed E-state index contributed by atoms with van der Waals surface area (Å²) in [5, 5.41) is 11.4. The number of carbonyl (C=O) groups is 1. The fourth-order valence-corrected chi connectivity index (χ4v) is 3.09. The Bertz CT molecular complexity index is 989. The van der Waals surface area contributed by atoms with Gasteiger partial charge in [0.2, 0.25) is 0 Å². The second-order valence-electron chi connectivity index (χ2n) is 5.21. The first kappa shape index (κ1) is 18.0. The van der Waals surface area contributed by atoms with Crippen LogP contribution in [0.5, 0.6) is 11.5 Å². The normalized spacial score (nSPS) is 12.2. The van der Waals surface area contributed by atoms with Crippen molar-refractivity contribution in [2.45, 2.75) is 13.1 Å². The van der Waals surface area contributed by atoms with Crippen molar-refractivity contribution in [2.75, 3.05) is 6.61 Å². The van der Waals surface area contributed by atoms with Crippen molar-refractivity contribution in [3.63, 3.8) is 0 Å². The van der Waals surface area contributed by atoms with E-state index < -0.39 is 17.7 Å². The van der Waals surface area contributed by atoms with Crippen LogP contribution in [-0.2, 0) is 6.18 Å². The molecular formula is C17H13F3N2O3S. The van der Waals surface area contributed by atoms with Crippen LogP contribution in [0.3, 0.4) is 0 Å². The minimum atomic E-state index is -4.63. The summed E-state index contributed by atoms with van der Waals surface area (Å²) in [5.41, 5.74) is -1.15. The number of fused-ring (bicyclic) bond motifs is 1. The molecule has 1 N–H and O–H groups in total. The van der Waals surface area contributed by atoms with Crippen molar-refractivity contribution < 1.29 is 27.8 Å². The second-order valence-corrected chi connectivity index (χ2v) is 6.09. The first-order valence-electron chi connectivity index (χ1n) is 7.52. The summed E-state index contributed by atoms with van der Waals surface area (Å²) >= 11 is 1.06. The number of hydrogen-bond acceptors (Lipinski definition) is 5. The highest BCUT2D eigenvalue weighted by Gasteiger charge is 2.37. The molecule has 0 aliphatic carbocycles. The van der Waals surface area contributed by atoms with Crippen molar-refractivity contribution in [1.82, 2.24) is 9.38 Å². The molecular weight excluding hydrogens is 369 g/mol. The molecule has 26 heavy (non-hydrogen) atoms. The third kappa shape index (κ3) is 3.43. The third-order valence-electron chi connectivity index (χ3n) is 3.50. The van der Waals surface area contributed by atoms with Gasteiger partial charge in [0.15, 0.2) is 27.9 Å². The second kappa shape index (κ2) is 6.83. The van der Waals surface area contributed by atoms with Crippen molar-refractivity contribution >= 4 is 28.2 Å². The van der Waals surface area contributed by atoms with Crippen LogP contribution in [-0.4, -0.2) is 26.9 Å². The number of nitrogens with zero attached hydrogens (tertiary/aromatic N) is 2. The van der Waals surface area contributed by atoms with Gasteiger partial charge in [0.1, 0.15) is 0 Å². The lowest BCUT2D eigenvalue weighted by molar-refractivity contribution is -0.140. The molecule has 0 spiro atoms. The molecule has 136 valence electrons. The van der Waals surface area contributed by atoms with Gasteiger partial charge >= 0.3 is 6.18 Å². The summed E-state index contributed by atoms with van der Waals surface area (Å²) in [6, 6.07) is 4.06. The molecule has 2 aromatic heterocycles. The van der Waals surface area contributed by atoms with Gasteiger partial charge in [0, 0.05) is 17.1 Å². The third-order valence-corrected chi connectivity index (χ3v) is 4.26. The summed E-state index contributed by atoms with van der Waals surface area (Å²) in [7, 11) is 0. The van der Waals surface area contributed by atoms with E-state index in [1.165, 1.54) is 28.8 Å². The number of imidazole rings is 1. The van der Waals surface area contributed by atoms with Crippen molar-refractivity contribution in [3.05, 3.63) is 52.8 Å². The number of carbonyl (C=O) groups excluding carboxylic acids is 1. The number of hydrogen-bond donors (Lipinski definition) is 1. The minimum Gasteiger partial charge on any atom is -0.504 e. The van der Waals surface area contributed by atoms with Gasteiger partial charge in [-0.2, -0.15) is 13.2 Å². The van der Waals surface area contributed by atoms with Crippen molar-refractivity contribution in [1.29, 1.82) is 0 Å². The Morgan fingerprint density at radius 3 is 2.85 bits per heavy atom.